The molecular formula is C25H28N8O4. The smallest absolute Gasteiger partial charge is 0.324 e. The van der Waals surface area contributed by atoms with E-state index in [1.807, 2.05) is 12.1 Å². The van der Waals surface area contributed by atoms with Gasteiger partial charge in [-0.3, -0.25) is 24.8 Å². The molecule has 0 saturated carbocycles. The number of carbonyl (C=O) groups excluding carboxylic acids is 3. The number of fused-ring (bicyclic) bond motifs is 3. The van der Waals surface area contributed by atoms with E-state index in [4.69, 9.17) is 4.98 Å². The van der Waals surface area contributed by atoms with Crippen molar-refractivity contribution < 1.29 is 19.5 Å². The molecule has 4 amide bonds. The number of hydrogen-bond acceptors (Lipinski definition) is 8. The predicted molar refractivity (Wildman–Crippen MR) is 135 cm³/mol. The molecule has 12 nitrogen and oxygen atoms in total. The number of piperidine rings is 1. The number of hydrogen-bond donors (Lipinski definition) is 2. The van der Waals surface area contributed by atoms with E-state index in [0.717, 1.165) is 11.3 Å². The van der Waals surface area contributed by atoms with Crippen molar-refractivity contribution in [2.75, 3.05) is 30.4 Å². The summed E-state index contributed by atoms with van der Waals surface area (Å²) in [5, 5.41) is 12.2. The maximum Gasteiger partial charge on any atom is 0.324 e. The summed E-state index contributed by atoms with van der Waals surface area (Å²) >= 11 is 0. The van der Waals surface area contributed by atoms with Crippen molar-refractivity contribution in [3.63, 3.8) is 0 Å². The lowest BCUT2D eigenvalue weighted by Crippen LogP contribution is -2.55. The van der Waals surface area contributed by atoms with Gasteiger partial charge in [-0.2, -0.15) is 0 Å². The normalized spacial score (nSPS) is 17.1. The van der Waals surface area contributed by atoms with Crippen LogP contribution in [0.3, 0.4) is 0 Å². The monoisotopic (exact) mass is 504 g/mol. The van der Waals surface area contributed by atoms with Crippen LogP contribution < -0.4 is 10.2 Å². The number of carbonyl (C=O) groups is 3. The van der Waals surface area contributed by atoms with Crippen molar-refractivity contribution in [2.24, 2.45) is 0 Å². The van der Waals surface area contributed by atoms with Crippen LogP contribution in [0.1, 0.15) is 32.3 Å². The molecule has 12 heteroatoms. The number of aromatic nitrogens is 4. The minimum Gasteiger partial charge on any atom is -0.384 e. The van der Waals surface area contributed by atoms with Crippen LogP contribution in [-0.2, 0) is 16.1 Å². The average Bonchev–Trinajstić information content (AvgIpc) is 2.89. The van der Waals surface area contributed by atoms with Gasteiger partial charge in [-0.05, 0) is 31.9 Å². The average molecular weight is 505 g/mol. The summed E-state index contributed by atoms with van der Waals surface area (Å²) in [6.45, 7) is 4.17. The zero-order valence-corrected chi connectivity index (χ0v) is 20.9. The summed E-state index contributed by atoms with van der Waals surface area (Å²) in [7, 11) is 1.76. The maximum absolute atomic E-state index is 13.5. The molecule has 192 valence electrons. The Morgan fingerprint density at radius 3 is 2.46 bits per heavy atom. The van der Waals surface area contributed by atoms with Crippen LogP contribution in [0.4, 0.5) is 16.4 Å². The van der Waals surface area contributed by atoms with Crippen LogP contribution >= 0.6 is 0 Å². The highest BCUT2D eigenvalue weighted by molar-refractivity contribution is 6.04. The van der Waals surface area contributed by atoms with E-state index in [0.29, 0.717) is 54.8 Å². The number of nitrogens with one attached hydrogen (secondary N) is 1. The second kappa shape index (κ2) is 9.69. The topological polar surface area (TPSA) is 145 Å². The number of likely N-dealkylation sites (tertiary alicyclic amines) is 1. The summed E-state index contributed by atoms with van der Waals surface area (Å²) in [5.74, 6) is -0.352. The summed E-state index contributed by atoms with van der Waals surface area (Å²) in [6.07, 6.45) is 5.07. The first-order valence-electron chi connectivity index (χ1n) is 12.1. The lowest BCUT2D eigenvalue weighted by molar-refractivity contribution is -0.140. The van der Waals surface area contributed by atoms with Crippen LogP contribution in [0.2, 0.25) is 0 Å². The van der Waals surface area contributed by atoms with Gasteiger partial charge in [0.1, 0.15) is 11.6 Å². The molecule has 37 heavy (non-hydrogen) atoms. The number of anilines is 2. The standard InChI is InChI=1S/C25H28N8O4/c1-14(34)23(36)32-8-6-18(7-9-32)33-22-17(13-31(3)25(33)37)12-26-20-5-4-19(30-21(20)22)16-10-27-24(28-11-16)29-15(2)35/h4-5,10-12,14,18,34H,6-9,13H2,1-3H3,(H,27,28,29,35)/t14-/m0/s1. The fraction of sp³-hybridized carbons (Fsp3) is 0.400. The Morgan fingerprint density at radius 1 is 1.11 bits per heavy atom. The summed E-state index contributed by atoms with van der Waals surface area (Å²) in [4.78, 5) is 59.9. The van der Waals surface area contributed by atoms with E-state index in [2.05, 4.69) is 20.3 Å². The second-order valence-corrected chi connectivity index (χ2v) is 9.41. The third-order valence-electron chi connectivity index (χ3n) is 6.68. The number of aliphatic hydroxyl groups excluding tert-OH is 1. The van der Waals surface area contributed by atoms with E-state index in [-0.39, 0.29) is 29.8 Å². The molecular weight excluding hydrogens is 476 g/mol. The molecule has 3 aromatic heterocycles. The predicted octanol–water partition coefficient (Wildman–Crippen LogP) is 1.79. The first-order chi connectivity index (χ1) is 17.7. The molecule has 5 heterocycles. The fourth-order valence-corrected chi connectivity index (χ4v) is 4.87. The van der Waals surface area contributed by atoms with E-state index in [1.165, 1.54) is 13.8 Å². The van der Waals surface area contributed by atoms with E-state index < -0.39 is 6.10 Å². The van der Waals surface area contributed by atoms with E-state index in [9.17, 15) is 19.5 Å². The van der Waals surface area contributed by atoms with Crippen LogP contribution in [0.25, 0.3) is 22.3 Å². The number of pyridine rings is 2. The molecule has 2 N–H and O–H groups in total. The van der Waals surface area contributed by atoms with Gasteiger partial charge < -0.3 is 14.9 Å². The van der Waals surface area contributed by atoms with Crippen molar-refractivity contribution in [1.29, 1.82) is 0 Å². The Labute approximate surface area is 213 Å². The largest absolute Gasteiger partial charge is 0.384 e. The molecule has 0 spiro atoms. The van der Waals surface area contributed by atoms with Crippen molar-refractivity contribution in [3.05, 3.63) is 36.3 Å². The third kappa shape index (κ3) is 4.67. The molecule has 5 rings (SSSR count). The van der Waals surface area contributed by atoms with E-state index >= 15 is 0 Å². The zero-order chi connectivity index (χ0) is 26.3. The Morgan fingerprint density at radius 2 is 1.81 bits per heavy atom. The molecule has 2 aliphatic rings. The van der Waals surface area contributed by atoms with Gasteiger partial charge in [0.15, 0.2) is 0 Å². The summed E-state index contributed by atoms with van der Waals surface area (Å²) in [5.41, 5.74) is 4.14. The fourth-order valence-electron chi connectivity index (χ4n) is 4.87. The third-order valence-corrected chi connectivity index (χ3v) is 6.68. The van der Waals surface area contributed by atoms with Gasteiger partial charge in [0.25, 0.3) is 5.91 Å². The highest BCUT2D eigenvalue weighted by Crippen LogP contribution is 2.37. The van der Waals surface area contributed by atoms with Crippen LogP contribution in [0.15, 0.2) is 30.7 Å². The van der Waals surface area contributed by atoms with Crippen molar-refractivity contribution in [1.82, 2.24) is 29.7 Å². The quantitative estimate of drug-likeness (QED) is 0.547. The van der Waals surface area contributed by atoms with Gasteiger partial charge in [0, 0.05) is 62.8 Å². The molecule has 0 bridgehead atoms. The SMILES string of the molecule is CC(=O)Nc1ncc(-c2ccc3ncc4c(c3n2)N(C2CCN(C(=O)[C@H](C)O)CC2)C(=O)N(C)C4)cn1. The van der Waals surface area contributed by atoms with Crippen LogP contribution in [0, 0.1) is 0 Å². The minimum atomic E-state index is -1.05. The van der Waals surface area contributed by atoms with Gasteiger partial charge in [0.05, 0.1) is 23.4 Å². The van der Waals surface area contributed by atoms with Crippen molar-refractivity contribution in [3.8, 4) is 11.3 Å². The molecule has 0 aromatic carbocycles. The number of urea groups is 1. The van der Waals surface area contributed by atoms with Gasteiger partial charge >= 0.3 is 6.03 Å². The Hall–Kier alpha value is -4.19. The first kappa shape index (κ1) is 24.5. The Kier molecular flexibility index (Phi) is 6.42. The number of rotatable bonds is 4. The molecule has 2 aliphatic heterocycles. The van der Waals surface area contributed by atoms with E-state index in [1.54, 1.807) is 40.3 Å². The molecule has 0 unspecified atom stereocenters. The molecule has 3 aromatic rings. The molecule has 1 atom stereocenters. The summed E-state index contributed by atoms with van der Waals surface area (Å²) in [6, 6.07) is 3.41. The van der Waals surface area contributed by atoms with Gasteiger partial charge in [-0.15, -0.1) is 0 Å². The van der Waals surface area contributed by atoms with Crippen LogP contribution in [0.5, 0.6) is 0 Å². The van der Waals surface area contributed by atoms with Crippen LogP contribution in [-0.4, -0.2) is 85.0 Å². The second-order valence-electron chi connectivity index (χ2n) is 9.41. The lowest BCUT2D eigenvalue weighted by atomic mass is 9.99. The molecule has 1 fully saturated rings. The van der Waals surface area contributed by atoms with Gasteiger partial charge in [-0.25, -0.2) is 19.7 Å². The summed E-state index contributed by atoms with van der Waals surface area (Å²) < 4.78 is 0. The number of nitrogens with zero attached hydrogens (tertiary/aromatic N) is 7. The maximum atomic E-state index is 13.5. The zero-order valence-electron chi connectivity index (χ0n) is 20.9. The Balaban J connectivity index is 1.52. The highest BCUT2D eigenvalue weighted by atomic mass is 16.3. The molecule has 1 saturated heterocycles. The number of aliphatic hydroxyl groups is 1. The number of amides is 4. The Bertz CT molecular complexity index is 1370. The van der Waals surface area contributed by atoms with Gasteiger partial charge in [0.2, 0.25) is 11.9 Å². The van der Waals surface area contributed by atoms with Crippen molar-refractivity contribution in [2.45, 2.75) is 45.4 Å². The van der Waals surface area contributed by atoms with Gasteiger partial charge in [-0.1, -0.05) is 0 Å². The highest BCUT2D eigenvalue weighted by Gasteiger charge is 2.38. The molecule has 0 radical (unpaired) electrons. The van der Waals surface area contributed by atoms with Crippen molar-refractivity contribution >= 4 is 40.5 Å². The minimum absolute atomic E-state index is 0.129. The first-order valence-corrected chi connectivity index (χ1v) is 12.1. The lowest BCUT2D eigenvalue weighted by Gasteiger charge is -2.43. The molecule has 0 aliphatic carbocycles.